The van der Waals surface area contributed by atoms with Gasteiger partial charge in [-0.15, -0.1) is 0 Å². The van der Waals surface area contributed by atoms with Crippen LogP contribution in [0.25, 0.3) is 0 Å². The molecule has 1 fully saturated rings. The van der Waals surface area contributed by atoms with Crippen molar-refractivity contribution in [3.63, 3.8) is 0 Å². The molecule has 1 saturated heterocycles. The fourth-order valence-electron chi connectivity index (χ4n) is 3.55. The number of amides is 1. The second-order valence-corrected chi connectivity index (χ2v) is 7.77. The lowest BCUT2D eigenvalue weighted by Gasteiger charge is -2.38. The highest BCUT2D eigenvalue weighted by Crippen LogP contribution is 2.28. The Morgan fingerprint density at radius 1 is 1.21 bits per heavy atom. The van der Waals surface area contributed by atoms with Gasteiger partial charge in [0, 0.05) is 51.5 Å². The van der Waals surface area contributed by atoms with E-state index in [9.17, 15) is 27.9 Å². The van der Waals surface area contributed by atoms with Gasteiger partial charge in [0.1, 0.15) is 0 Å². The Kier molecular flexibility index (Phi) is 11.8. The normalized spacial score (nSPS) is 14.4. The van der Waals surface area contributed by atoms with E-state index in [1.165, 1.54) is 13.0 Å². The number of benzene rings is 1. The SMILES string of the molecule is CCOCCCN(C)C1CCN(c2ccc(NC(C)=O)cc2C(=O)O)CC1.O=C(O)C(F)(F)F. The van der Waals surface area contributed by atoms with Gasteiger partial charge in [-0.2, -0.15) is 13.2 Å². The molecule has 1 aliphatic rings. The molecule has 0 unspecified atom stereocenters. The number of aromatic carboxylic acids is 1. The lowest BCUT2D eigenvalue weighted by molar-refractivity contribution is -0.192. The van der Waals surface area contributed by atoms with Gasteiger partial charge in [0.2, 0.25) is 5.91 Å². The van der Waals surface area contributed by atoms with Crippen LogP contribution >= 0.6 is 0 Å². The molecule has 1 aliphatic heterocycles. The zero-order chi connectivity index (χ0) is 25.9. The zero-order valence-corrected chi connectivity index (χ0v) is 19.5. The van der Waals surface area contributed by atoms with Gasteiger partial charge < -0.3 is 30.1 Å². The summed E-state index contributed by atoms with van der Waals surface area (Å²) in [4.78, 5) is 36.3. The molecule has 0 atom stereocenters. The van der Waals surface area contributed by atoms with Crippen molar-refractivity contribution in [1.29, 1.82) is 0 Å². The summed E-state index contributed by atoms with van der Waals surface area (Å²) in [6, 6.07) is 5.59. The van der Waals surface area contributed by atoms with Gasteiger partial charge in [0.15, 0.2) is 0 Å². The van der Waals surface area contributed by atoms with Gasteiger partial charge in [0.05, 0.1) is 11.3 Å². The molecular weight excluding hydrogens is 459 g/mol. The number of nitrogens with zero attached hydrogens (tertiary/aromatic N) is 2. The summed E-state index contributed by atoms with van der Waals surface area (Å²) in [6.45, 7) is 7.62. The quantitative estimate of drug-likeness (QED) is 0.450. The van der Waals surface area contributed by atoms with Crippen molar-refractivity contribution in [1.82, 2.24) is 4.90 Å². The van der Waals surface area contributed by atoms with Crippen LogP contribution in [0.3, 0.4) is 0 Å². The topological polar surface area (TPSA) is 119 Å². The molecule has 0 saturated carbocycles. The molecule has 1 aromatic carbocycles. The molecule has 0 bridgehead atoms. The average Bonchev–Trinajstić information content (AvgIpc) is 2.76. The standard InChI is InChI=1S/C20H31N3O4.C2HF3O2/c1-4-27-13-5-10-22(3)17-8-11-23(12-9-17)19-7-6-16(21-15(2)24)14-18(19)20(25)26;3-2(4,5)1(6)7/h6-7,14,17H,4-5,8-13H2,1-3H3,(H,21,24)(H,25,26);(H,6,7). The highest BCUT2D eigenvalue weighted by Gasteiger charge is 2.38. The molecule has 0 spiro atoms. The van der Waals surface area contributed by atoms with Crippen LogP contribution in [-0.2, 0) is 14.3 Å². The monoisotopic (exact) mass is 491 g/mol. The molecule has 3 N–H and O–H groups in total. The fourth-order valence-corrected chi connectivity index (χ4v) is 3.55. The van der Waals surface area contributed by atoms with Crippen LogP contribution in [-0.4, -0.2) is 85.1 Å². The van der Waals surface area contributed by atoms with Crippen molar-refractivity contribution < 1.29 is 42.5 Å². The third-order valence-electron chi connectivity index (χ3n) is 5.22. The molecular formula is C22H32F3N3O6. The first-order valence-corrected chi connectivity index (χ1v) is 10.8. The Labute approximate surface area is 196 Å². The van der Waals surface area contributed by atoms with E-state index < -0.39 is 18.1 Å². The first kappa shape index (κ1) is 29.2. The number of carboxylic acid groups (broad SMARTS) is 2. The fraction of sp³-hybridized carbons (Fsp3) is 0.591. The summed E-state index contributed by atoms with van der Waals surface area (Å²) in [6.07, 6.45) is -2.06. The maximum absolute atomic E-state index is 11.7. The van der Waals surface area contributed by atoms with Crippen LogP contribution < -0.4 is 10.2 Å². The van der Waals surface area contributed by atoms with E-state index in [1.807, 2.05) is 6.92 Å². The van der Waals surface area contributed by atoms with Crippen molar-refractivity contribution in [3.8, 4) is 0 Å². The molecule has 9 nitrogen and oxygen atoms in total. The largest absolute Gasteiger partial charge is 0.490 e. The van der Waals surface area contributed by atoms with Crippen LogP contribution in [0.4, 0.5) is 24.5 Å². The van der Waals surface area contributed by atoms with Crippen molar-refractivity contribution in [3.05, 3.63) is 23.8 Å². The van der Waals surface area contributed by atoms with E-state index in [0.29, 0.717) is 17.4 Å². The molecule has 1 aromatic rings. The number of hydrogen-bond donors (Lipinski definition) is 3. The van der Waals surface area contributed by atoms with Crippen molar-refractivity contribution >= 4 is 29.2 Å². The highest BCUT2D eigenvalue weighted by atomic mass is 19.4. The Bertz CT molecular complexity index is 827. The maximum atomic E-state index is 11.7. The minimum Gasteiger partial charge on any atom is -0.478 e. The van der Waals surface area contributed by atoms with Gasteiger partial charge >= 0.3 is 18.1 Å². The maximum Gasteiger partial charge on any atom is 0.490 e. The van der Waals surface area contributed by atoms with Gasteiger partial charge in [-0.25, -0.2) is 9.59 Å². The number of piperidine rings is 1. The molecule has 12 heteroatoms. The van der Waals surface area contributed by atoms with E-state index in [0.717, 1.165) is 52.1 Å². The molecule has 0 aliphatic carbocycles. The van der Waals surface area contributed by atoms with Gasteiger partial charge in [-0.05, 0) is 51.4 Å². The zero-order valence-electron chi connectivity index (χ0n) is 19.5. The van der Waals surface area contributed by atoms with E-state index in [-0.39, 0.29) is 11.5 Å². The van der Waals surface area contributed by atoms with Crippen LogP contribution in [0.5, 0.6) is 0 Å². The van der Waals surface area contributed by atoms with E-state index in [1.54, 1.807) is 12.1 Å². The number of carbonyl (C=O) groups excluding carboxylic acids is 1. The number of hydrogen-bond acceptors (Lipinski definition) is 6. The first-order chi connectivity index (χ1) is 15.9. The van der Waals surface area contributed by atoms with Crippen LogP contribution in [0, 0.1) is 0 Å². The summed E-state index contributed by atoms with van der Waals surface area (Å²) in [7, 11) is 2.15. The minimum absolute atomic E-state index is 0.215. The summed E-state index contributed by atoms with van der Waals surface area (Å²) < 4.78 is 37.1. The average molecular weight is 492 g/mol. The number of nitrogens with one attached hydrogen (secondary N) is 1. The predicted molar refractivity (Wildman–Crippen MR) is 120 cm³/mol. The van der Waals surface area contributed by atoms with Gasteiger partial charge in [-0.3, -0.25) is 4.79 Å². The minimum atomic E-state index is -5.08. The van der Waals surface area contributed by atoms with E-state index in [4.69, 9.17) is 14.6 Å². The number of rotatable bonds is 9. The van der Waals surface area contributed by atoms with Crippen molar-refractivity contribution in [2.75, 3.05) is 50.1 Å². The summed E-state index contributed by atoms with van der Waals surface area (Å²) in [5.41, 5.74) is 1.45. The van der Waals surface area contributed by atoms with Crippen LogP contribution in [0.2, 0.25) is 0 Å². The molecule has 0 aromatic heterocycles. The molecule has 1 amide bonds. The molecule has 1 heterocycles. The second kappa shape index (κ2) is 13.8. The van der Waals surface area contributed by atoms with Gasteiger partial charge in [-0.1, -0.05) is 0 Å². The highest BCUT2D eigenvalue weighted by molar-refractivity contribution is 5.97. The smallest absolute Gasteiger partial charge is 0.478 e. The molecule has 0 radical (unpaired) electrons. The number of carboxylic acids is 2. The number of aliphatic carboxylic acids is 1. The number of ether oxygens (including phenoxy) is 1. The lowest BCUT2D eigenvalue weighted by atomic mass is 10.0. The molecule has 34 heavy (non-hydrogen) atoms. The van der Waals surface area contributed by atoms with Gasteiger partial charge in [0.25, 0.3) is 0 Å². The van der Waals surface area contributed by atoms with E-state index >= 15 is 0 Å². The Morgan fingerprint density at radius 2 is 1.79 bits per heavy atom. The second-order valence-electron chi connectivity index (χ2n) is 7.77. The number of anilines is 2. The first-order valence-electron chi connectivity index (χ1n) is 10.8. The Hall–Kier alpha value is -2.86. The van der Waals surface area contributed by atoms with Crippen LogP contribution in [0.1, 0.15) is 43.5 Å². The summed E-state index contributed by atoms with van der Waals surface area (Å²) >= 11 is 0. The molecule has 192 valence electrons. The summed E-state index contributed by atoms with van der Waals surface area (Å²) in [5, 5.41) is 19.3. The third kappa shape index (κ3) is 9.96. The number of alkyl halides is 3. The lowest BCUT2D eigenvalue weighted by Crippen LogP contribution is -2.44. The predicted octanol–water partition coefficient (Wildman–Crippen LogP) is 3.30. The summed E-state index contributed by atoms with van der Waals surface area (Å²) in [5.74, 6) is -3.95. The number of halogens is 3. The van der Waals surface area contributed by atoms with E-state index in [2.05, 4.69) is 22.2 Å². The third-order valence-corrected chi connectivity index (χ3v) is 5.22. The number of carbonyl (C=O) groups is 3. The Balaban J connectivity index is 0.000000718. The Morgan fingerprint density at radius 3 is 2.26 bits per heavy atom. The van der Waals surface area contributed by atoms with Crippen molar-refractivity contribution in [2.45, 2.75) is 45.3 Å². The van der Waals surface area contributed by atoms with Crippen LogP contribution in [0.15, 0.2) is 18.2 Å². The molecule has 2 rings (SSSR count). The van der Waals surface area contributed by atoms with Crippen molar-refractivity contribution in [2.24, 2.45) is 0 Å².